The van der Waals surface area contributed by atoms with E-state index in [1.165, 1.54) is 5.56 Å². The molecule has 1 unspecified atom stereocenters. The van der Waals surface area contributed by atoms with E-state index in [1.807, 2.05) is 31.2 Å². The van der Waals surface area contributed by atoms with Gasteiger partial charge in [-0.15, -0.1) is 0 Å². The molecule has 1 aromatic carbocycles. The Morgan fingerprint density at radius 2 is 2.06 bits per heavy atom. The Labute approximate surface area is 101 Å². The molecule has 0 heterocycles. The highest BCUT2D eigenvalue weighted by molar-refractivity contribution is 5.75. The van der Waals surface area contributed by atoms with Gasteiger partial charge in [-0.05, 0) is 25.5 Å². The maximum Gasteiger partial charge on any atom is 0.318 e. The van der Waals surface area contributed by atoms with Crippen LogP contribution in [-0.2, 0) is 0 Å². The summed E-state index contributed by atoms with van der Waals surface area (Å²) in [6.07, 6.45) is 2.84. The summed E-state index contributed by atoms with van der Waals surface area (Å²) in [5.41, 5.74) is 2.22. The number of amides is 2. The number of aryl methyl sites for hydroxylation is 1. The van der Waals surface area contributed by atoms with Gasteiger partial charge < -0.3 is 15.7 Å². The number of hydrogen-bond donors (Lipinski definition) is 3. The van der Waals surface area contributed by atoms with Gasteiger partial charge in [0.05, 0.1) is 6.10 Å². The molecule has 0 aromatic heterocycles. The summed E-state index contributed by atoms with van der Waals surface area (Å²) in [5.74, 6) is 0. The van der Waals surface area contributed by atoms with E-state index in [4.69, 9.17) is 5.11 Å². The van der Waals surface area contributed by atoms with Crippen molar-refractivity contribution in [2.75, 3.05) is 6.54 Å². The number of carbonyl (C=O) groups excluding carboxylic acids is 1. The first-order valence-electron chi connectivity index (χ1n) is 5.53. The van der Waals surface area contributed by atoms with Crippen molar-refractivity contribution in [1.82, 2.24) is 10.6 Å². The van der Waals surface area contributed by atoms with E-state index in [0.717, 1.165) is 5.56 Å². The van der Waals surface area contributed by atoms with Crippen LogP contribution in [0.4, 0.5) is 4.79 Å². The summed E-state index contributed by atoms with van der Waals surface area (Å²) in [6, 6.07) is 7.64. The average molecular weight is 234 g/mol. The number of nitrogens with one attached hydrogen (secondary N) is 2. The smallest absolute Gasteiger partial charge is 0.318 e. The van der Waals surface area contributed by atoms with Gasteiger partial charge in [-0.3, -0.25) is 0 Å². The van der Waals surface area contributed by atoms with Crippen LogP contribution in [0.15, 0.2) is 30.5 Å². The van der Waals surface area contributed by atoms with Crippen LogP contribution in [-0.4, -0.2) is 23.8 Å². The van der Waals surface area contributed by atoms with E-state index >= 15 is 0 Å². The lowest BCUT2D eigenvalue weighted by atomic mass is 10.1. The zero-order chi connectivity index (χ0) is 12.7. The molecular formula is C13H18N2O2. The average Bonchev–Trinajstić information content (AvgIpc) is 2.29. The first-order chi connectivity index (χ1) is 8.08. The second kappa shape index (κ2) is 6.70. The molecule has 0 aliphatic heterocycles. The Balaban J connectivity index is 2.34. The van der Waals surface area contributed by atoms with Crippen LogP contribution < -0.4 is 10.6 Å². The van der Waals surface area contributed by atoms with E-state index < -0.39 is 6.10 Å². The Morgan fingerprint density at radius 3 is 2.65 bits per heavy atom. The van der Waals surface area contributed by atoms with Gasteiger partial charge in [0.25, 0.3) is 0 Å². The van der Waals surface area contributed by atoms with Crippen LogP contribution in [0.5, 0.6) is 0 Å². The fourth-order valence-corrected chi connectivity index (χ4v) is 1.18. The van der Waals surface area contributed by atoms with Crippen molar-refractivity contribution in [2.45, 2.75) is 20.0 Å². The third-order valence-corrected chi connectivity index (χ3v) is 2.13. The molecule has 2 amide bonds. The van der Waals surface area contributed by atoms with Gasteiger partial charge in [0.2, 0.25) is 0 Å². The van der Waals surface area contributed by atoms with Crippen molar-refractivity contribution in [3.63, 3.8) is 0 Å². The van der Waals surface area contributed by atoms with E-state index in [-0.39, 0.29) is 12.6 Å². The van der Waals surface area contributed by atoms with Gasteiger partial charge in [-0.2, -0.15) is 0 Å². The Kier molecular flexibility index (Phi) is 5.23. The van der Waals surface area contributed by atoms with Gasteiger partial charge in [-0.25, -0.2) is 4.79 Å². The Morgan fingerprint density at radius 1 is 1.41 bits per heavy atom. The second-order valence-electron chi connectivity index (χ2n) is 3.95. The largest absolute Gasteiger partial charge is 0.392 e. The zero-order valence-electron chi connectivity index (χ0n) is 10.1. The summed E-state index contributed by atoms with van der Waals surface area (Å²) < 4.78 is 0. The first-order valence-corrected chi connectivity index (χ1v) is 5.53. The monoisotopic (exact) mass is 234 g/mol. The molecule has 92 valence electrons. The molecule has 1 atom stereocenters. The van der Waals surface area contributed by atoms with Crippen LogP contribution >= 0.6 is 0 Å². The maximum atomic E-state index is 11.2. The number of hydrogen-bond acceptors (Lipinski definition) is 2. The number of aliphatic hydroxyl groups excluding tert-OH is 1. The standard InChI is InChI=1S/C13H18N2O2/c1-10-3-5-12(6-4-10)7-8-14-13(17)15-9-11(2)16/h3-8,11,16H,9H2,1-2H3,(H2,14,15,17)/b8-7+. The topological polar surface area (TPSA) is 61.4 Å². The maximum absolute atomic E-state index is 11.2. The molecule has 1 aromatic rings. The molecule has 4 heteroatoms. The fraction of sp³-hybridized carbons (Fsp3) is 0.308. The molecule has 0 saturated carbocycles. The van der Waals surface area contributed by atoms with Gasteiger partial charge in [0.1, 0.15) is 0 Å². The minimum atomic E-state index is -0.540. The van der Waals surface area contributed by atoms with Gasteiger partial charge in [-0.1, -0.05) is 29.8 Å². The lowest BCUT2D eigenvalue weighted by Gasteiger charge is -2.05. The SMILES string of the molecule is Cc1ccc(/C=C/NC(=O)NCC(C)O)cc1. The molecule has 0 aliphatic carbocycles. The number of carbonyl (C=O) groups is 1. The first kappa shape index (κ1) is 13.3. The quantitative estimate of drug-likeness (QED) is 0.741. The number of benzene rings is 1. The fourth-order valence-electron chi connectivity index (χ4n) is 1.18. The van der Waals surface area contributed by atoms with Gasteiger partial charge in [0, 0.05) is 12.7 Å². The van der Waals surface area contributed by atoms with Crippen molar-refractivity contribution in [1.29, 1.82) is 0 Å². The van der Waals surface area contributed by atoms with Crippen molar-refractivity contribution in [3.05, 3.63) is 41.6 Å². The minimum Gasteiger partial charge on any atom is -0.392 e. The molecule has 0 spiro atoms. The lowest BCUT2D eigenvalue weighted by molar-refractivity contribution is 0.188. The van der Waals surface area contributed by atoms with Crippen LogP contribution in [0.25, 0.3) is 6.08 Å². The summed E-state index contributed by atoms with van der Waals surface area (Å²) in [7, 11) is 0. The Bertz CT molecular complexity index is 383. The number of urea groups is 1. The van der Waals surface area contributed by atoms with Crippen LogP contribution in [0.3, 0.4) is 0 Å². The van der Waals surface area contributed by atoms with Crippen molar-refractivity contribution in [2.24, 2.45) is 0 Å². The second-order valence-corrected chi connectivity index (χ2v) is 3.95. The zero-order valence-corrected chi connectivity index (χ0v) is 10.1. The molecule has 4 nitrogen and oxygen atoms in total. The normalized spacial score (nSPS) is 12.4. The third kappa shape index (κ3) is 5.73. The van der Waals surface area contributed by atoms with Gasteiger partial charge >= 0.3 is 6.03 Å². The molecule has 17 heavy (non-hydrogen) atoms. The minimum absolute atomic E-state index is 0.240. The number of rotatable bonds is 4. The summed E-state index contributed by atoms with van der Waals surface area (Å²) in [6.45, 7) is 3.88. The molecule has 0 radical (unpaired) electrons. The molecule has 0 bridgehead atoms. The van der Waals surface area contributed by atoms with Crippen LogP contribution in [0, 0.1) is 6.92 Å². The van der Waals surface area contributed by atoms with Crippen LogP contribution in [0.1, 0.15) is 18.1 Å². The van der Waals surface area contributed by atoms with E-state index in [0.29, 0.717) is 0 Å². The molecule has 0 saturated heterocycles. The predicted octanol–water partition coefficient (Wildman–Crippen LogP) is 1.65. The van der Waals surface area contributed by atoms with Crippen molar-refractivity contribution >= 4 is 12.1 Å². The molecular weight excluding hydrogens is 216 g/mol. The van der Waals surface area contributed by atoms with Crippen molar-refractivity contribution < 1.29 is 9.90 Å². The Hall–Kier alpha value is -1.81. The summed E-state index contributed by atoms with van der Waals surface area (Å²) in [5, 5.41) is 14.1. The highest BCUT2D eigenvalue weighted by Gasteiger charge is 1.98. The highest BCUT2D eigenvalue weighted by atomic mass is 16.3. The summed E-state index contributed by atoms with van der Waals surface area (Å²) >= 11 is 0. The van der Waals surface area contributed by atoms with E-state index in [9.17, 15) is 4.79 Å². The predicted molar refractivity (Wildman–Crippen MR) is 68.4 cm³/mol. The molecule has 0 fully saturated rings. The van der Waals surface area contributed by atoms with E-state index in [1.54, 1.807) is 19.2 Å². The molecule has 3 N–H and O–H groups in total. The van der Waals surface area contributed by atoms with Gasteiger partial charge in [0.15, 0.2) is 0 Å². The van der Waals surface area contributed by atoms with E-state index in [2.05, 4.69) is 10.6 Å². The van der Waals surface area contributed by atoms with Crippen LogP contribution in [0.2, 0.25) is 0 Å². The summed E-state index contributed by atoms with van der Waals surface area (Å²) in [4.78, 5) is 11.2. The lowest BCUT2D eigenvalue weighted by Crippen LogP contribution is -2.36. The molecule has 1 rings (SSSR count). The van der Waals surface area contributed by atoms with Crippen molar-refractivity contribution in [3.8, 4) is 0 Å². The number of aliphatic hydroxyl groups is 1. The third-order valence-electron chi connectivity index (χ3n) is 2.13. The molecule has 0 aliphatic rings. The highest BCUT2D eigenvalue weighted by Crippen LogP contribution is 2.03.